The van der Waals surface area contributed by atoms with Crippen LogP contribution in [0.25, 0.3) is 0 Å². The first-order valence-electron chi connectivity index (χ1n) is 5.89. The molecule has 0 aromatic rings. The van der Waals surface area contributed by atoms with Crippen molar-refractivity contribution in [3.8, 4) is 0 Å². The molecular formula is C12H24N2O2. The molecule has 0 heterocycles. The van der Waals surface area contributed by atoms with Gasteiger partial charge in [0.2, 0.25) is 5.91 Å². The monoisotopic (exact) mass is 228 g/mol. The van der Waals surface area contributed by atoms with Crippen LogP contribution in [0.4, 0.5) is 0 Å². The molecule has 1 amide bonds. The number of nitrogens with two attached hydrogens (primary N) is 1. The molecule has 94 valence electrons. The van der Waals surface area contributed by atoms with Crippen LogP contribution in [0.3, 0.4) is 0 Å². The largest absolute Gasteiger partial charge is 0.376 e. The summed E-state index contributed by atoms with van der Waals surface area (Å²) in [4.78, 5) is 11.8. The molecule has 0 bridgehead atoms. The summed E-state index contributed by atoms with van der Waals surface area (Å²) in [5, 5.41) is 2.89. The summed E-state index contributed by atoms with van der Waals surface area (Å²) in [5.41, 5.74) is 5.54. The van der Waals surface area contributed by atoms with Crippen molar-refractivity contribution in [3.05, 3.63) is 0 Å². The summed E-state index contributed by atoms with van der Waals surface area (Å²) in [6.45, 7) is 6.47. The molecule has 16 heavy (non-hydrogen) atoms. The average molecular weight is 228 g/mol. The van der Waals surface area contributed by atoms with Gasteiger partial charge in [0, 0.05) is 13.7 Å². The van der Waals surface area contributed by atoms with Gasteiger partial charge in [0.15, 0.2) is 0 Å². The number of hydrogen-bond donors (Lipinski definition) is 2. The van der Waals surface area contributed by atoms with E-state index in [1.165, 1.54) is 6.42 Å². The Hall–Kier alpha value is -0.610. The number of carbonyl (C=O) groups is 1. The van der Waals surface area contributed by atoms with Crippen molar-refractivity contribution in [2.24, 2.45) is 11.1 Å². The van der Waals surface area contributed by atoms with Gasteiger partial charge in [0.25, 0.3) is 0 Å². The fourth-order valence-corrected chi connectivity index (χ4v) is 1.78. The number of rotatable bonds is 4. The smallest absolute Gasteiger partial charge is 0.237 e. The quantitative estimate of drug-likeness (QED) is 0.756. The fourth-order valence-electron chi connectivity index (χ4n) is 1.78. The highest BCUT2D eigenvalue weighted by Crippen LogP contribution is 2.34. The van der Waals surface area contributed by atoms with Crippen molar-refractivity contribution in [3.63, 3.8) is 0 Å². The lowest BCUT2D eigenvalue weighted by molar-refractivity contribution is -0.128. The Morgan fingerprint density at radius 2 is 2.06 bits per heavy atom. The van der Waals surface area contributed by atoms with Gasteiger partial charge in [-0.15, -0.1) is 0 Å². The van der Waals surface area contributed by atoms with E-state index in [0.717, 1.165) is 12.8 Å². The van der Waals surface area contributed by atoms with Gasteiger partial charge in [0.05, 0.1) is 11.6 Å². The van der Waals surface area contributed by atoms with Gasteiger partial charge in [-0.05, 0) is 24.7 Å². The van der Waals surface area contributed by atoms with Crippen LogP contribution in [0.15, 0.2) is 0 Å². The van der Waals surface area contributed by atoms with Crippen molar-refractivity contribution >= 4 is 5.91 Å². The number of ether oxygens (including phenoxy) is 1. The molecule has 0 saturated heterocycles. The summed E-state index contributed by atoms with van der Waals surface area (Å²) in [6, 6.07) is -0.471. The standard InChI is InChI=1S/C12H24N2O2/c1-11(2,3)9(13)10(15)14-8-12(16-4)6-5-7-12/h9H,5-8,13H2,1-4H3,(H,14,15)/t9-/m0/s1. The van der Waals surface area contributed by atoms with Gasteiger partial charge in [-0.1, -0.05) is 20.8 Å². The number of methoxy groups -OCH3 is 1. The van der Waals surface area contributed by atoms with Crippen LogP contribution in [0.2, 0.25) is 0 Å². The second-order valence-electron chi connectivity index (χ2n) is 5.80. The van der Waals surface area contributed by atoms with Gasteiger partial charge in [-0.25, -0.2) is 0 Å². The van der Waals surface area contributed by atoms with Gasteiger partial charge in [-0.3, -0.25) is 4.79 Å². The molecule has 1 atom stereocenters. The number of amides is 1. The minimum absolute atomic E-state index is 0.0872. The van der Waals surface area contributed by atoms with E-state index >= 15 is 0 Å². The topological polar surface area (TPSA) is 64.3 Å². The molecule has 4 heteroatoms. The minimum atomic E-state index is -0.471. The van der Waals surface area contributed by atoms with Gasteiger partial charge in [-0.2, -0.15) is 0 Å². The first-order valence-corrected chi connectivity index (χ1v) is 5.89. The van der Waals surface area contributed by atoms with E-state index in [9.17, 15) is 4.79 Å². The Morgan fingerprint density at radius 1 is 1.50 bits per heavy atom. The van der Waals surface area contributed by atoms with Crippen molar-refractivity contribution in [2.45, 2.75) is 51.7 Å². The summed E-state index contributed by atoms with van der Waals surface area (Å²) in [7, 11) is 1.70. The zero-order valence-corrected chi connectivity index (χ0v) is 10.8. The number of hydrogen-bond acceptors (Lipinski definition) is 3. The average Bonchev–Trinajstić information content (AvgIpc) is 2.14. The van der Waals surface area contributed by atoms with E-state index in [2.05, 4.69) is 5.32 Å². The molecule has 0 aromatic carbocycles. The molecule has 1 saturated carbocycles. The number of carbonyl (C=O) groups excluding carboxylic acids is 1. The van der Waals surface area contributed by atoms with Crippen LogP contribution in [-0.2, 0) is 9.53 Å². The molecule has 0 aliphatic heterocycles. The van der Waals surface area contributed by atoms with Crippen LogP contribution in [0.5, 0.6) is 0 Å². The molecule has 1 fully saturated rings. The Morgan fingerprint density at radius 3 is 2.38 bits per heavy atom. The van der Waals surface area contributed by atoms with Crippen molar-refractivity contribution < 1.29 is 9.53 Å². The van der Waals surface area contributed by atoms with E-state index in [4.69, 9.17) is 10.5 Å². The maximum Gasteiger partial charge on any atom is 0.237 e. The highest BCUT2D eigenvalue weighted by molar-refractivity contribution is 5.82. The Bertz CT molecular complexity index is 249. The van der Waals surface area contributed by atoms with E-state index < -0.39 is 6.04 Å². The van der Waals surface area contributed by atoms with E-state index in [0.29, 0.717) is 6.54 Å². The molecule has 0 unspecified atom stereocenters. The molecule has 1 aliphatic rings. The summed E-state index contributed by atoms with van der Waals surface area (Å²) in [5.74, 6) is -0.0872. The van der Waals surface area contributed by atoms with Crippen LogP contribution >= 0.6 is 0 Å². The van der Waals surface area contributed by atoms with Crippen LogP contribution in [0.1, 0.15) is 40.0 Å². The fraction of sp³-hybridized carbons (Fsp3) is 0.917. The van der Waals surface area contributed by atoms with E-state index in [-0.39, 0.29) is 16.9 Å². The van der Waals surface area contributed by atoms with Crippen molar-refractivity contribution in [1.29, 1.82) is 0 Å². The third kappa shape index (κ3) is 2.95. The number of nitrogens with one attached hydrogen (secondary N) is 1. The third-order valence-electron chi connectivity index (χ3n) is 3.50. The SMILES string of the molecule is COC1(CNC(=O)[C@H](N)C(C)(C)C)CCC1. The summed E-state index contributed by atoms with van der Waals surface area (Å²) < 4.78 is 5.43. The second-order valence-corrected chi connectivity index (χ2v) is 5.80. The molecule has 3 N–H and O–H groups in total. The lowest BCUT2D eigenvalue weighted by atomic mass is 9.79. The van der Waals surface area contributed by atoms with E-state index in [1.54, 1.807) is 7.11 Å². The van der Waals surface area contributed by atoms with Crippen LogP contribution in [-0.4, -0.2) is 31.2 Å². The van der Waals surface area contributed by atoms with Gasteiger partial charge in [0.1, 0.15) is 0 Å². The molecule has 4 nitrogen and oxygen atoms in total. The predicted molar refractivity (Wildman–Crippen MR) is 64.0 cm³/mol. The highest BCUT2D eigenvalue weighted by atomic mass is 16.5. The molecular weight excluding hydrogens is 204 g/mol. The maximum atomic E-state index is 11.8. The Labute approximate surface area is 97.9 Å². The second kappa shape index (κ2) is 4.72. The zero-order valence-electron chi connectivity index (χ0n) is 10.8. The zero-order chi connectivity index (χ0) is 12.4. The summed E-state index contributed by atoms with van der Waals surface area (Å²) in [6.07, 6.45) is 3.22. The summed E-state index contributed by atoms with van der Waals surface area (Å²) >= 11 is 0. The molecule has 0 radical (unpaired) electrons. The van der Waals surface area contributed by atoms with Crippen molar-refractivity contribution in [1.82, 2.24) is 5.32 Å². The highest BCUT2D eigenvalue weighted by Gasteiger charge is 2.38. The van der Waals surface area contributed by atoms with Crippen LogP contribution < -0.4 is 11.1 Å². The molecule has 1 aliphatic carbocycles. The molecule has 0 aromatic heterocycles. The van der Waals surface area contributed by atoms with E-state index in [1.807, 2.05) is 20.8 Å². The first kappa shape index (κ1) is 13.5. The van der Waals surface area contributed by atoms with Gasteiger partial charge >= 0.3 is 0 Å². The Balaban J connectivity index is 2.41. The minimum Gasteiger partial charge on any atom is -0.376 e. The molecule has 1 rings (SSSR count). The van der Waals surface area contributed by atoms with Crippen LogP contribution in [0, 0.1) is 5.41 Å². The molecule has 0 spiro atoms. The predicted octanol–water partition coefficient (Wildman–Crippen LogP) is 1.05. The maximum absolute atomic E-state index is 11.8. The van der Waals surface area contributed by atoms with Gasteiger partial charge < -0.3 is 15.8 Å². The lowest BCUT2D eigenvalue weighted by Crippen LogP contribution is -2.55. The Kier molecular flexibility index (Phi) is 3.97. The normalized spacial score (nSPS) is 21.1. The third-order valence-corrected chi connectivity index (χ3v) is 3.50. The first-order chi connectivity index (χ1) is 7.31. The van der Waals surface area contributed by atoms with Crippen molar-refractivity contribution in [2.75, 3.05) is 13.7 Å². The lowest BCUT2D eigenvalue weighted by Gasteiger charge is -2.41.